The summed E-state index contributed by atoms with van der Waals surface area (Å²) in [7, 11) is 0. The van der Waals surface area contributed by atoms with Crippen LogP contribution < -0.4 is 5.32 Å². The molecule has 0 aliphatic carbocycles. The third-order valence-electron chi connectivity index (χ3n) is 1.43. The molecule has 1 saturated heterocycles. The Morgan fingerprint density at radius 2 is 2.38 bits per heavy atom. The summed E-state index contributed by atoms with van der Waals surface area (Å²) in [6.07, 6.45) is 0. The van der Waals surface area contributed by atoms with E-state index in [-0.39, 0.29) is 18.3 Å². The van der Waals surface area contributed by atoms with E-state index in [9.17, 15) is 0 Å². The van der Waals surface area contributed by atoms with Crippen LogP contribution in [0, 0.1) is 17.2 Å². The van der Waals surface area contributed by atoms with Crippen LogP contribution in [0.2, 0.25) is 0 Å². The molecule has 0 aromatic heterocycles. The minimum Gasteiger partial charge on any atom is -0.312 e. The zero-order chi connectivity index (χ0) is 5.28. The van der Waals surface area contributed by atoms with Gasteiger partial charge in [0.2, 0.25) is 0 Å². The predicted molar refractivity (Wildman–Crippen MR) is 33.8 cm³/mol. The lowest BCUT2D eigenvalue weighted by atomic mass is 9.95. The zero-order valence-corrected chi connectivity index (χ0v) is 5.53. The third-order valence-corrected chi connectivity index (χ3v) is 1.43. The Bertz CT molecular complexity index is 107. The molecule has 0 saturated carbocycles. The summed E-state index contributed by atoms with van der Waals surface area (Å²) in [6, 6.07) is 2.62. The van der Waals surface area contributed by atoms with Crippen molar-refractivity contribution in [2.24, 2.45) is 5.92 Å². The van der Waals surface area contributed by atoms with Crippen molar-refractivity contribution in [1.29, 1.82) is 5.26 Å². The highest BCUT2D eigenvalue weighted by Gasteiger charge is 2.24. The molecule has 0 unspecified atom stereocenters. The number of hydrogen-bond acceptors (Lipinski definition) is 2. The number of nitriles is 1. The van der Waals surface area contributed by atoms with Crippen molar-refractivity contribution in [1.82, 2.24) is 5.32 Å². The summed E-state index contributed by atoms with van der Waals surface area (Å²) in [6.45, 7) is 2.91. The maximum absolute atomic E-state index is 8.27. The van der Waals surface area contributed by atoms with Gasteiger partial charge in [0.15, 0.2) is 0 Å². The first-order valence-electron chi connectivity index (χ1n) is 2.47. The lowest BCUT2D eigenvalue weighted by Gasteiger charge is -2.29. The molecule has 1 rings (SSSR count). The second-order valence-corrected chi connectivity index (χ2v) is 1.93. The Labute approximate surface area is 55.3 Å². The summed E-state index contributed by atoms with van der Waals surface area (Å²) < 4.78 is 0. The van der Waals surface area contributed by atoms with Gasteiger partial charge in [-0.2, -0.15) is 5.26 Å². The fraction of sp³-hybridized carbons (Fsp3) is 0.800. The average molecular weight is 133 g/mol. The van der Waals surface area contributed by atoms with Crippen molar-refractivity contribution in [3.05, 3.63) is 0 Å². The van der Waals surface area contributed by atoms with Gasteiger partial charge in [0.05, 0.1) is 12.0 Å². The molecule has 0 amide bonds. The van der Waals surface area contributed by atoms with Gasteiger partial charge >= 0.3 is 0 Å². The van der Waals surface area contributed by atoms with E-state index in [2.05, 4.69) is 11.4 Å². The molecule has 0 aromatic rings. The van der Waals surface area contributed by atoms with E-state index < -0.39 is 0 Å². The Morgan fingerprint density at radius 1 is 1.75 bits per heavy atom. The molecule has 1 aliphatic rings. The summed E-state index contributed by atoms with van der Waals surface area (Å²) in [5.74, 6) is 0.278. The highest BCUT2D eigenvalue weighted by atomic mass is 35.5. The minimum absolute atomic E-state index is 0. The molecule has 0 spiro atoms. The lowest BCUT2D eigenvalue weighted by Crippen LogP contribution is -2.49. The van der Waals surface area contributed by atoms with Gasteiger partial charge < -0.3 is 5.32 Å². The molecule has 1 aliphatic heterocycles. The molecule has 1 fully saturated rings. The molecule has 0 aromatic carbocycles. The standard InChI is InChI=1S/C5H8N2.ClH/c1-4-5(2-6)3-7-4;/h4-5,7H,3H2,1H3;1H/t4-,5-;/m1./s1. The van der Waals surface area contributed by atoms with Gasteiger partial charge in [-0.25, -0.2) is 0 Å². The van der Waals surface area contributed by atoms with Crippen molar-refractivity contribution in [3.63, 3.8) is 0 Å². The fourth-order valence-corrected chi connectivity index (χ4v) is 0.629. The topological polar surface area (TPSA) is 35.8 Å². The number of halogens is 1. The van der Waals surface area contributed by atoms with Crippen molar-refractivity contribution < 1.29 is 0 Å². The molecule has 3 heteroatoms. The third kappa shape index (κ3) is 1.12. The summed E-state index contributed by atoms with van der Waals surface area (Å²) in [4.78, 5) is 0. The predicted octanol–water partition coefficient (Wildman–Crippen LogP) is 0.540. The Balaban J connectivity index is 0.000000490. The second kappa shape index (κ2) is 2.91. The largest absolute Gasteiger partial charge is 0.312 e. The Kier molecular flexibility index (Phi) is 2.81. The SMILES string of the molecule is C[C@H]1NC[C@H]1C#N.Cl. The van der Waals surface area contributed by atoms with Crippen LogP contribution in [0.1, 0.15) is 6.92 Å². The van der Waals surface area contributed by atoms with E-state index in [0.29, 0.717) is 6.04 Å². The van der Waals surface area contributed by atoms with Crippen molar-refractivity contribution >= 4 is 12.4 Å². The quantitative estimate of drug-likeness (QED) is 0.522. The summed E-state index contributed by atoms with van der Waals surface area (Å²) in [5, 5.41) is 11.4. The minimum atomic E-state index is 0. The first-order valence-corrected chi connectivity index (χ1v) is 2.47. The van der Waals surface area contributed by atoms with Gasteiger partial charge in [-0.15, -0.1) is 12.4 Å². The van der Waals surface area contributed by atoms with Crippen LogP contribution in [0.15, 0.2) is 0 Å². The monoisotopic (exact) mass is 132 g/mol. The molecule has 8 heavy (non-hydrogen) atoms. The van der Waals surface area contributed by atoms with Crippen LogP contribution in [-0.4, -0.2) is 12.6 Å². The highest BCUT2D eigenvalue weighted by Crippen LogP contribution is 2.09. The second-order valence-electron chi connectivity index (χ2n) is 1.93. The zero-order valence-electron chi connectivity index (χ0n) is 4.72. The van der Waals surface area contributed by atoms with Crippen molar-refractivity contribution in [2.75, 3.05) is 6.54 Å². The molecular weight excluding hydrogens is 124 g/mol. The maximum Gasteiger partial charge on any atom is 0.0738 e. The van der Waals surface area contributed by atoms with Gasteiger partial charge in [0.1, 0.15) is 0 Å². The van der Waals surface area contributed by atoms with Gasteiger partial charge in [0, 0.05) is 12.6 Å². The number of hydrogen-bond donors (Lipinski definition) is 1. The van der Waals surface area contributed by atoms with Gasteiger partial charge in [-0.05, 0) is 6.92 Å². The molecule has 2 atom stereocenters. The lowest BCUT2D eigenvalue weighted by molar-refractivity contribution is 0.315. The number of nitrogens with zero attached hydrogens (tertiary/aromatic N) is 1. The van der Waals surface area contributed by atoms with E-state index in [4.69, 9.17) is 5.26 Å². The van der Waals surface area contributed by atoms with Gasteiger partial charge in [-0.1, -0.05) is 0 Å². The molecule has 46 valence electrons. The van der Waals surface area contributed by atoms with Crippen molar-refractivity contribution in [2.45, 2.75) is 13.0 Å². The molecular formula is C5H9ClN2. The maximum atomic E-state index is 8.27. The summed E-state index contributed by atoms with van der Waals surface area (Å²) >= 11 is 0. The van der Waals surface area contributed by atoms with E-state index in [1.165, 1.54) is 0 Å². The van der Waals surface area contributed by atoms with Crippen molar-refractivity contribution in [3.8, 4) is 6.07 Å². The first-order chi connectivity index (χ1) is 3.34. The Morgan fingerprint density at radius 3 is 2.38 bits per heavy atom. The number of nitrogens with one attached hydrogen (secondary N) is 1. The number of rotatable bonds is 0. The van der Waals surface area contributed by atoms with Crippen LogP contribution in [0.3, 0.4) is 0 Å². The van der Waals surface area contributed by atoms with E-state index in [1.807, 2.05) is 6.92 Å². The first kappa shape index (κ1) is 7.74. The smallest absolute Gasteiger partial charge is 0.0738 e. The normalized spacial score (nSPS) is 34.0. The van der Waals surface area contributed by atoms with Crippen LogP contribution >= 0.6 is 12.4 Å². The highest BCUT2D eigenvalue weighted by molar-refractivity contribution is 5.85. The van der Waals surface area contributed by atoms with E-state index in [1.54, 1.807) is 0 Å². The van der Waals surface area contributed by atoms with Crippen LogP contribution in [-0.2, 0) is 0 Å². The molecule has 1 N–H and O–H groups in total. The van der Waals surface area contributed by atoms with E-state index >= 15 is 0 Å². The van der Waals surface area contributed by atoms with Crippen LogP contribution in [0.25, 0.3) is 0 Å². The molecule has 2 nitrogen and oxygen atoms in total. The molecule has 0 bridgehead atoms. The average Bonchev–Trinajstić information content (AvgIpc) is 1.65. The summed E-state index contributed by atoms with van der Waals surface area (Å²) in [5.41, 5.74) is 0. The molecule has 0 radical (unpaired) electrons. The van der Waals surface area contributed by atoms with Crippen LogP contribution in [0.4, 0.5) is 0 Å². The Hall–Kier alpha value is -0.260. The molecule has 1 heterocycles. The van der Waals surface area contributed by atoms with E-state index in [0.717, 1.165) is 6.54 Å². The fourth-order valence-electron chi connectivity index (χ4n) is 0.629. The van der Waals surface area contributed by atoms with Crippen LogP contribution in [0.5, 0.6) is 0 Å². The van der Waals surface area contributed by atoms with Gasteiger partial charge in [0.25, 0.3) is 0 Å². The van der Waals surface area contributed by atoms with Gasteiger partial charge in [-0.3, -0.25) is 0 Å².